The van der Waals surface area contributed by atoms with Crippen molar-refractivity contribution < 1.29 is 0 Å². The summed E-state index contributed by atoms with van der Waals surface area (Å²) in [7, 11) is 0. The molecule has 0 N–H and O–H groups in total. The summed E-state index contributed by atoms with van der Waals surface area (Å²) in [6.45, 7) is 0. The molecule has 0 unspecified atom stereocenters. The predicted molar refractivity (Wildman–Crippen MR) is 223 cm³/mol. The molecule has 252 valence electrons. The first-order valence-corrected chi connectivity index (χ1v) is 18.1. The number of fused-ring (bicyclic) bond motifs is 3. The summed E-state index contributed by atoms with van der Waals surface area (Å²) in [4.78, 5) is 19.6. The van der Waals surface area contributed by atoms with Gasteiger partial charge in [0.15, 0.2) is 5.82 Å². The molecule has 7 aromatic carbocycles. The summed E-state index contributed by atoms with van der Waals surface area (Å²) in [5.74, 6) is 0.674. The number of nitrogens with zero attached hydrogens (tertiary/aromatic N) is 4. The Kier molecular flexibility index (Phi) is 7.77. The van der Waals surface area contributed by atoms with Crippen LogP contribution < -0.4 is 0 Å². The van der Waals surface area contributed by atoms with E-state index in [0.29, 0.717) is 5.82 Å². The lowest BCUT2D eigenvalue weighted by atomic mass is 9.86. The van der Waals surface area contributed by atoms with Crippen molar-refractivity contribution in [3.8, 4) is 67.3 Å². The first-order valence-electron chi connectivity index (χ1n) is 18.1. The van der Waals surface area contributed by atoms with E-state index in [1.807, 2.05) is 42.7 Å². The number of aromatic nitrogens is 4. The molecule has 54 heavy (non-hydrogen) atoms. The van der Waals surface area contributed by atoms with Gasteiger partial charge in [0.1, 0.15) is 0 Å². The molecule has 0 amide bonds. The molecule has 10 aromatic rings. The highest BCUT2D eigenvalue weighted by Crippen LogP contribution is 2.44. The Hall–Kier alpha value is -7.30. The molecule has 4 heteroatoms. The normalized spacial score (nSPS) is 11.3. The summed E-state index contributed by atoms with van der Waals surface area (Å²) in [5.41, 5.74) is 12.5. The van der Waals surface area contributed by atoms with Crippen molar-refractivity contribution in [2.45, 2.75) is 0 Å². The van der Waals surface area contributed by atoms with E-state index in [-0.39, 0.29) is 0 Å². The van der Waals surface area contributed by atoms with Crippen LogP contribution in [0.4, 0.5) is 0 Å². The Morgan fingerprint density at radius 2 is 0.889 bits per heavy atom. The fourth-order valence-corrected chi connectivity index (χ4v) is 7.64. The first-order chi connectivity index (χ1) is 26.8. The third-order valence-corrected chi connectivity index (χ3v) is 10.2. The van der Waals surface area contributed by atoms with E-state index in [1.165, 1.54) is 32.7 Å². The van der Waals surface area contributed by atoms with E-state index in [2.05, 4.69) is 151 Å². The maximum atomic E-state index is 5.24. The minimum Gasteiger partial charge on any atom is -0.264 e. The van der Waals surface area contributed by atoms with Gasteiger partial charge in [0.05, 0.1) is 16.9 Å². The smallest absolute Gasteiger partial charge is 0.160 e. The fraction of sp³-hybridized carbons (Fsp3) is 0. The highest BCUT2D eigenvalue weighted by atomic mass is 14.9. The van der Waals surface area contributed by atoms with Crippen LogP contribution in [0.3, 0.4) is 0 Å². The van der Waals surface area contributed by atoms with Gasteiger partial charge in [0.2, 0.25) is 0 Å². The summed E-state index contributed by atoms with van der Waals surface area (Å²) >= 11 is 0. The van der Waals surface area contributed by atoms with Gasteiger partial charge in [-0.3, -0.25) is 9.97 Å². The van der Waals surface area contributed by atoms with E-state index >= 15 is 0 Å². The van der Waals surface area contributed by atoms with Gasteiger partial charge in [-0.25, -0.2) is 9.97 Å². The summed E-state index contributed by atoms with van der Waals surface area (Å²) < 4.78 is 0. The quantitative estimate of drug-likeness (QED) is 0.163. The molecule has 0 saturated heterocycles. The number of para-hydroxylation sites is 1. The van der Waals surface area contributed by atoms with Crippen molar-refractivity contribution in [2.75, 3.05) is 0 Å². The minimum absolute atomic E-state index is 0.674. The van der Waals surface area contributed by atoms with Crippen molar-refractivity contribution >= 4 is 32.4 Å². The van der Waals surface area contributed by atoms with Crippen LogP contribution in [0.5, 0.6) is 0 Å². The van der Waals surface area contributed by atoms with Gasteiger partial charge in [-0.15, -0.1) is 0 Å². The maximum absolute atomic E-state index is 5.24. The summed E-state index contributed by atoms with van der Waals surface area (Å²) in [6, 6.07) is 61.7. The second-order valence-corrected chi connectivity index (χ2v) is 13.5. The van der Waals surface area contributed by atoms with Crippen LogP contribution in [0.25, 0.3) is 99.7 Å². The zero-order valence-corrected chi connectivity index (χ0v) is 29.3. The van der Waals surface area contributed by atoms with Crippen LogP contribution in [0, 0.1) is 0 Å². The average Bonchev–Trinajstić information content (AvgIpc) is 3.26. The van der Waals surface area contributed by atoms with E-state index in [9.17, 15) is 0 Å². The fourth-order valence-electron chi connectivity index (χ4n) is 7.64. The Labute approximate surface area is 313 Å². The molecule has 10 rings (SSSR count). The second-order valence-electron chi connectivity index (χ2n) is 13.5. The molecular weight excluding hydrogens is 657 g/mol. The zero-order chi connectivity index (χ0) is 35.8. The molecule has 0 aliphatic rings. The zero-order valence-electron chi connectivity index (χ0n) is 29.3. The minimum atomic E-state index is 0.674. The van der Waals surface area contributed by atoms with Gasteiger partial charge in [0.25, 0.3) is 0 Å². The molecule has 0 atom stereocenters. The van der Waals surface area contributed by atoms with E-state index in [1.54, 1.807) is 6.20 Å². The molecular formula is C50H32N4. The molecule has 0 aliphatic heterocycles. The van der Waals surface area contributed by atoms with Crippen LogP contribution in [0.15, 0.2) is 195 Å². The van der Waals surface area contributed by atoms with Crippen LogP contribution in [0.2, 0.25) is 0 Å². The Balaban J connectivity index is 1.16. The molecule has 0 fully saturated rings. The molecule has 0 aliphatic carbocycles. The predicted octanol–water partition coefficient (Wildman–Crippen LogP) is 12.7. The maximum Gasteiger partial charge on any atom is 0.160 e. The molecule has 0 bridgehead atoms. The van der Waals surface area contributed by atoms with Crippen molar-refractivity contribution in [1.82, 2.24) is 19.9 Å². The Morgan fingerprint density at radius 1 is 0.333 bits per heavy atom. The Morgan fingerprint density at radius 3 is 1.61 bits per heavy atom. The van der Waals surface area contributed by atoms with Crippen LogP contribution in [-0.4, -0.2) is 19.9 Å². The highest BCUT2D eigenvalue weighted by molar-refractivity contribution is 6.21. The average molecular weight is 689 g/mol. The lowest BCUT2D eigenvalue weighted by Gasteiger charge is -2.18. The standard InChI is InChI=1S/C50H32N4/c1-2-13-33(14-3-1)46-30-47(36-17-10-16-34(27-36)39-20-12-26-51-31-39)54-50(53-46)38-19-11-18-37(29-38)48-41-21-5-7-23-43(41)49(44-24-8-6-22-42(44)48)40-28-35-15-4-9-25-45(35)52-32-40/h1-32H. The third-order valence-electron chi connectivity index (χ3n) is 10.2. The first kappa shape index (κ1) is 31.4. The van der Waals surface area contributed by atoms with Crippen LogP contribution >= 0.6 is 0 Å². The number of pyridine rings is 2. The van der Waals surface area contributed by atoms with E-state index in [4.69, 9.17) is 15.0 Å². The van der Waals surface area contributed by atoms with Crippen molar-refractivity contribution in [2.24, 2.45) is 0 Å². The van der Waals surface area contributed by atoms with Crippen LogP contribution in [-0.2, 0) is 0 Å². The summed E-state index contributed by atoms with van der Waals surface area (Å²) in [5, 5.41) is 5.87. The topological polar surface area (TPSA) is 51.6 Å². The number of benzene rings is 7. The Bertz CT molecular complexity index is 2940. The lowest BCUT2D eigenvalue weighted by Crippen LogP contribution is -1.97. The number of hydrogen-bond acceptors (Lipinski definition) is 4. The SMILES string of the molecule is c1ccc(-c2cc(-c3cccc(-c4cccnc4)c3)nc(-c3cccc(-c4c5ccccc5c(-c5cnc6ccccc6c5)c5ccccc45)c3)n2)cc1. The van der Waals surface area contributed by atoms with Gasteiger partial charge < -0.3 is 0 Å². The van der Waals surface area contributed by atoms with Gasteiger partial charge >= 0.3 is 0 Å². The largest absolute Gasteiger partial charge is 0.264 e. The van der Waals surface area contributed by atoms with E-state index < -0.39 is 0 Å². The monoisotopic (exact) mass is 688 g/mol. The van der Waals surface area contributed by atoms with Crippen molar-refractivity contribution in [1.29, 1.82) is 0 Å². The molecule has 0 saturated carbocycles. The van der Waals surface area contributed by atoms with Gasteiger partial charge in [-0.2, -0.15) is 0 Å². The molecule has 3 heterocycles. The second kappa shape index (κ2) is 13.4. The van der Waals surface area contributed by atoms with Crippen molar-refractivity contribution in [3.05, 3.63) is 195 Å². The lowest BCUT2D eigenvalue weighted by molar-refractivity contribution is 1.18. The van der Waals surface area contributed by atoms with Gasteiger partial charge in [0, 0.05) is 51.8 Å². The molecule has 0 radical (unpaired) electrons. The van der Waals surface area contributed by atoms with Crippen LogP contribution in [0.1, 0.15) is 0 Å². The number of hydrogen-bond donors (Lipinski definition) is 0. The molecule has 3 aromatic heterocycles. The van der Waals surface area contributed by atoms with Crippen molar-refractivity contribution in [3.63, 3.8) is 0 Å². The molecule has 0 spiro atoms. The van der Waals surface area contributed by atoms with Gasteiger partial charge in [-0.05, 0) is 80.2 Å². The van der Waals surface area contributed by atoms with Gasteiger partial charge in [-0.1, -0.05) is 140 Å². The summed E-state index contributed by atoms with van der Waals surface area (Å²) in [6.07, 6.45) is 5.70. The van der Waals surface area contributed by atoms with E-state index in [0.717, 1.165) is 61.2 Å². The third kappa shape index (κ3) is 5.67. The highest BCUT2D eigenvalue weighted by Gasteiger charge is 2.18. The number of rotatable bonds is 6. The molecule has 4 nitrogen and oxygen atoms in total.